The average Bonchev–Trinajstić information content (AvgIpc) is 3.64. The second-order valence-corrected chi connectivity index (χ2v) is 18.8. The van der Waals surface area contributed by atoms with E-state index in [1.54, 1.807) is 12.0 Å². The first-order valence-electron chi connectivity index (χ1n) is 23.4. The van der Waals surface area contributed by atoms with Crippen molar-refractivity contribution in [3.05, 3.63) is 124 Å². The zero-order valence-corrected chi connectivity index (χ0v) is 36.4. The molecule has 5 atom stereocenters. The van der Waals surface area contributed by atoms with Gasteiger partial charge in [-0.3, -0.25) is 29.5 Å². The van der Waals surface area contributed by atoms with Gasteiger partial charge in [0.1, 0.15) is 11.8 Å². The van der Waals surface area contributed by atoms with Crippen molar-refractivity contribution in [1.82, 2.24) is 20.0 Å². The number of nitrogens with one attached hydrogen (secondary N) is 1. The Morgan fingerprint density at radius 1 is 0.629 bits per heavy atom. The lowest BCUT2D eigenvalue weighted by Gasteiger charge is -2.43. The molecule has 324 valence electrons. The van der Waals surface area contributed by atoms with Gasteiger partial charge in [-0.25, -0.2) is 0 Å². The van der Waals surface area contributed by atoms with E-state index in [-0.39, 0.29) is 24.1 Å². The number of piperazine rings is 2. The molecule has 0 aromatic heterocycles. The van der Waals surface area contributed by atoms with Crippen LogP contribution < -0.4 is 19.9 Å². The molecule has 1 unspecified atom stereocenters. The minimum Gasteiger partial charge on any atom is -0.497 e. The summed E-state index contributed by atoms with van der Waals surface area (Å²) < 4.78 is 5.61. The Balaban J connectivity index is 0.718. The van der Waals surface area contributed by atoms with Crippen LogP contribution in [0.1, 0.15) is 95.0 Å². The molecule has 0 spiro atoms. The number of ether oxygens (including phenoxy) is 1. The summed E-state index contributed by atoms with van der Waals surface area (Å²) in [5, 5.41) is 2.41. The molecule has 10 nitrogen and oxygen atoms in total. The number of carbonyl (C=O) groups excluding carboxylic acids is 3. The fraction of sp³-hybridized carbons (Fsp3) is 0.481. The van der Waals surface area contributed by atoms with Crippen LogP contribution in [0, 0.1) is 11.8 Å². The van der Waals surface area contributed by atoms with Gasteiger partial charge < -0.3 is 19.4 Å². The molecule has 4 aromatic carbocycles. The molecule has 4 aromatic rings. The van der Waals surface area contributed by atoms with Crippen molar-refractivity contribution in [3.63, 3.8) is 0 Å². The number of nitrogens with zero attached hydrogens (tertiary/aromatic N) is 5. The van der Waals surface area contributed by atoms with E-state index in [0.29, 0.717) is 30.4 Å². The predicted molar refractivity (Wildman–Crippen MR) is 244 cm³/mol. The van der Waals surface area contributed by atoms with Crippen LogP contribution in [-0.2, 0) is 22.6 Å². The Hall–Kier alpha value is -5.19. The highest BCUT2D eigenvalue weighted by molar-refractivity contribution is 6.05. The van der Waals surface area contributed by atoms with Crippen molar-refractivity contribution in [2.24, 2.45) is 11.8 Å². The van der Waals surface area contributed by atoms with Gasteiger partial charge in [0.15, 0.2) is 0 Å². The van der Waals surface area contributed by atoms with Crippen molar-refractivity contribution >= 4 is 29.1 Å². The second-order valence-electron chi connectivity index (χ2n) is 18.8. The van der Waals surface area contributed by atoms with E-state index in [1.807, 2.05) is 6.07 Å². The van der Waals surface area contributed by atoms with Crippen LogP contribution in [0.5, 0.6) is 5.75 Å². The third kappa shape index (κ3) is 8.36. The van der Waals surface area contributed by atoms with E-state index in [4.69, 9.17) is 4.74 Å². The van der Waals surface area contributed by atoms with Crippen molar-refractivity contribution in [1.29, 1.82) is 0 Å². The molecular formula is C52H62N6O4. The molecule has 10 rings (SSSR count). The van der Waals surface area contributed by atoms with Crippen LogP contribution in [0.2, 0.25) is 0 Å². The fourth-order valence-electron chi connectivity index (χ4n) is 11.9. The van der Waals surface area contributed by atoms with Crippen LogP contribution in [0.25, 0.3) is 0 Å². The molecule has 10 heteroatoms. The molecule has 1 saturated carbocycles. The Labute approximate surface area is 367 Å². The number of amides is 3. The van der Waals surface area contributed by atoms with E-state index in [1.165, 1.54) is 66.7 Å². The third-order valence-electron chi connectivity index (χ3n) is 15.3. The molecule has 4 heterocycles. The van der Waals surface area contributed by atoms with Gasteiger partial charge in [-0.05, 0) is 120 Å². The minimum atomic E-state index is -0.581. The lowest BCUT2D eigenvalue weighted by molar-refractivity contribution is -0.136. The first kappa shape index (κ1) is 40.9. The van der Waals surface area contributed by atoms with E-state index in [0.717, 1.165) is 94.0 Å². The van der Waals surface area contributed by atoms with Gasteiger partial charge in [-0.2, -0.15) is 0 Å². The van der Waals surface area contributed by atoms with Crippen LogP contribution in [0.4, 0.5) is 11.4 Å². The van der Waals surface area contributed by atoms with E-state index in [2.05, 4.69) is 110 Å². The summed E-state index contributed by atoms with van der Waals surface area (Å²) in [5.74, 6) is 2.49. The van der Waals surface area contributed by atoms with Crippen LogP contribution in [-0.4, -0.2) is 111 Å². The van der Waals surface area contributed by atoms with Gasteiger partial charge in [0.25, 0.3) is 5.91 Å². The SMILES string of the molecule is COc1ccc2c(c1)CC[C@H](c1ccccc1)[C@@H]2c1ccc(N2CCN(C[C@@H]3CCCC[C@H]3CN3CCN(c4ccc5c(c4)CN(C4CCC(=O)NC4=O)C5=O)CC3)CC2)cc1. The fourth-order valence-corrected chi connectivity index (χ4v) is 11.9. The van der Waals surface area contributed by atoms with Gasteiger partial charge in [0.2, 0.25) is 11.8 Å². The van der Waals surface area contributed by atoms with E-state index in [9.17, 15) is 14.4 Å². The zero-order chi connectivity index (χ0) is 42.2. The highest BCUT2D eigenvalue weighted by Crippen LogP contribution is 2.47. The monoisotopic (exact) mass is 834 g/mol. The maximum absolute atomic E-state index is 13.2. The van der Waals surface area contributed by atoms with E-state index >= 15 is 0 Å². The summed E-state index contributed by atoms with van der Waals surface area (Å²) in [6.07, 6.45) is 8.25. The summed E-state index contributed by atoms with van der Waals surface area (Å²) in [5.41, 5.74) is 9.83. The highest BCUT2D eigenvalue weighted by atomic mass is 16.5. The number of anilines is 2. The van der Waals surface area contributed by atoms with Gasteiger partial charge >= 0.3 is 0 Å². The number of carbonyl (C=O) groups is 3. The molecule has 0 bridgehead atoms. The summed E-state index contributed by atoms with van der Waals surface area (Å²) in [6.45, 7) is 11.3. The third-order valence-corrected chi connectivity index (χ3v) is 15.3. The number of fused-ring (bicyclic) bond motifs is 2. The summed E-state index contributed by atoms with van der Waals surface area (Å²) in [7, 11) is 1.76. The quantitative estimate of drug-likeness (QED) is 0.170. The second kappa shape index (κ2) is 17.9. The largest absolute Gasteiger partial charge is 0.497 e. The van der Waals surface area contributed by atoms with Crippen LogP contribution >= 0.6 is 0 Å². The summed E-state index contributed by atoms with van der Waals surface area (Å²) in [4.78, 5) is 49.6. The Morgan fingerprint density at radius 3 is 1.95 bits per heavy atom. The number of hydrogen-bond acceptors (Lipinski definition) is 8. The minimum absolute atomic E-state index is 0.110. The molecule has 0 radical (unpaired) electrons. The van der Waals surface area contributed by atoms with Crippen LogP contribution in [0.3, 0.4) is 0 Å². The number of piperidine rings is 1. The standard InChI is InChI=1S/C52H62N6O4/c1-62-44-17-20-46-38(32-44)13-18-45(36-7-3-2-4-8-36)50(46)37-11-14-42(15-12-37)56-27-23-54(24-28-56)33-39-9-5-6-10-40(39)34-55-25-29-57(30-26-55)43-16-19-47-41(31-43)35-58(52(47)61)48-21-22-49(59)53-51(48)60/h2-4,7-8,11-12,14-17,19-20,31-32,39-40,45,48,50H,5-6,9-10,13,18,21-30,33-35H2,1H3,(H,53,59,60)/t39-,40-,45+,48?,50-/m0/s1. The molecule has 4 fully saturated rings. The van der Waals surface area contributed by atoms with Gasteiger partial charge in [-0.1, -0.05) is 61.4 Å². The zero-order valence-electron chi connectivity index (χ0n) is 36.4. The predicted octanol–water partition coefficient (Wildman–Crippen LogP) is 7.07. The van der Waals surface area contributed by atoms with Gasteiger partial charge in [-0.15, -0.1) is 0 Å². The maximum atomic E-state index is 13.2. The average molecular weight is 835 g/mol. The molecule has 4 aliphatic heterocycles. The topological polar surface area (TPSA) is 88.7 Å². The number of rotatable bonds is 10. The number of imide groups is 1. The summed E-state index contributed by atoms with van der Waals surface area (Å²) >= 11 is 0. The smallest absolute Gasteiger partial charge is 0.255 e. The normalized spacial score (nSPS) is 26.0. The first-order valence-corrected chi connectivity index (χ1v) is 23.4. The molecule has 3 saturated heterocycles. The van der Waals surface area contributed by atoms with Crippen LogP contribution in [0.15, 0.2) is 91.0 Å². The number of hydrogen-bond donors (Lipinski definition) is 1. The molecular weight excluding hydrogens is 773 g/mol. The first-order chi connectivity index (χ1) is 30.4. The molecule has 2 aliphatic carbocycles. The summed E-state index contributed by atoms with van der Waals surface area (Å²) in [6, 6.07) is 32.9. The van der Waals surface area contributed by atoms with Crippen molar-refractivity contribution < 1.29 is 19.1 Å². The molecule has 62 heavy (non-hydrogen) atoms. The number of aryl methyl sites for hydroxylation is 1. The highest BCUT2D eigenvalue weighted by Gasteiger charge is 2.40. The Morgan fingerprint density at radius 2 is 1.29 bits per heavy atom. The molecule has 6 aliphatic rings. The molecule has 1 N–H and O–H groups in total. The lowest BCUT2D eigenvalue weighted by Crippen LogP contribution is -2.52. The van der Waals surface area contributed by atoms with Crippen molar-refractivity contribution in [2.45, 2.75) is 75.8 Å². The Kier molecular flexibility index (Phi) is 11.8. The van der Waals surface area contributed by atoms with Crippen molar-refractivity contribution in [3.8, 4) is 5.75 Å². The lowest BCUT2D eigenvalue weighted by atomic mass is 9.69. The maximum Gasteiger partial charge on any atom is 0.255 e. The number of benzene rings is 4. The van der Waals surface area contributed by atoms with Crippen molar-refractivity contribution in [2.75, 3.05) is 82.4 Å². The van der Waals surface area contributed by atoms with Gasteiger partial charge in [0, 0.05) is 101 Å². The molecule has 3 amide bonds. The van der Waals surface area contributed by atoms with E-state index < -0.39 is 6.04 Å². The van der Waals surface area contributed by atoms with Gasteiger partial charge in [0.05, 0.1) is 7.11 Å². The number of methoxy groups -OCH3 is 1. The Bertz CT molecular complexity index is 2250.